The van der Waals surface area contributed by atoms with E-state index >= 15 is 0 Å². The van der Waals surface area contributed by atoms with Crippen LogP contribution in [-0.2, 0) is 0 Å². The van der Waals surface area contributed by atoms with E-state index < -0.39 is 29.0 Å². The first-order valence-corrected chi connectivity index (χ1v) is 11.1. The number of amides is 3. The number of nitrogens with zero attached hydrogens (tertiary/aromatic N) is 3. The van der Waals surface area contributed by atoms with Crippen molar-refractivity contribution in [1.82, 2.24) is 20.2 Å². The molecule has 2 N–H and O–H groups in total. The normalized spacial score (nSPS) is 13.9. The van der Waals surface area contributed by atoms with Crippen molar-refractivity contribution in [2.24, 2.45) is 0 Å². The molecule has 1 aliphatic rings. The highest BCUT2D eigenvalue weighted by atomic mass is 19.1. The molecule has 0 spiro atoms. The van der Waals surface area contributed by atoms with Crippen LogP contribution in [0.15, 0.2) is 54.9 Å². The molecule has 1 fully saturated rings. The van der Waals surface area contributed by atoms with Crippen LogP contribution in [0.25, 0.3) is 0 Å². The first-order valence-electron chi connectivity index (χ1n) is 11.1. The molecular formula is C25H23F2N5O3. The maximum Gasteiger partial charge on any atom is 0.273 e. The summed E-state index contributed by atoms with van der Waals surface area (Å²) < 4.78 is 27.1. The maximum absolute atomic E-state index is 13.9. The Balaban J connectivity index is 1.38. The first-order chi connectivity index (χ1) is 16.8. The van der Waals surface area contributed by atoms with E-state index in [9.17, 15) is 23.2 Å². The predicted molar refractivity (Wildman–Crippen MR) is 124 cm³/mol. The number of hydrogen-bond donors (Lipinski definition) is 2. The van der Waals surface area contributed by atoms with Gasteiger partial charge >= 0.3 is 0 Å². The third kappa shape index (κ3) is 5.65. The van der Waals surface area contributed by atoms with E-state index in [-0.39, 0.29) is 23.5 Å². The molecule has 180 valence electrons. The smallest absolute Gasteiger partial charge is 0.273 e. The van der Waals surface area contributed by atoms with E-state index in [2.05, 4.69) is 20.6 Å². The Morgan fingerprint density at radius 1 is 0.971 bits per heavy atom. The zero-order chi connectivity index (χ0) is 24.9. The summed E-state index contributed by atoms with van der Waals surface area (Å²) in [4.78, 5) is 47.8. The Kier molecular flexibility index (Phi) is 7.09. The highest BCUT2D eigenvalue weighted by Crippen LogP contribution is 2.17. The van der Waals surface area contributed by atoms with Crippen LogP contribution in [0.1, 0.15) is 49.6 Å². The lowest BCUT2D eigenvalue weighted by Gasteiger charge is -2.32. The summed E-state index contributed by atoms with van der Waals surface area (Å²) in [6.45, 7) is 2.88. The number of likely N-dealkylation sites (tertiary alicyclic amines) is 1. The number of halogens is 2. The van der Waals surface area contributed by atoms with Crippen molar-refractivity contribution < 1.29 is 23.2 Å². The summed E-state index contributed by atoms with van der Waals surface area (Å²) >= 11 is 0. The van der Waals surface area contributed by atoms with Gasteiger partial charge in [-0.3, -0.25) is 14.4 Å². The Morgan fingerprint density at radius 3 is 2.43 bits per heavy atom. The lowest BCUT2D eigenvalue weighted by molar-refractivity contribution is 0.0697. The van der Waals surface area contributed by atoms with Gasteiger partial charge in [-0.2, -0.15) is 0 Å². The number of benzene rings is 2. The van der Waals surface area contributed by atoms with Crippen LogP contribution < -0.4 is 10.6 Å². The fourth-order valence-electron chi connectivity index (χ4n) is 3.89. The van der Waals surface area contributed by atoms with Crippen LogP contribution in [0.4, 0.5) is 14.6 Å². The van der Waals surface area contributed by atoms with Crippen LogP contribution in [0.2, 0.25) is 0 Å². The van der Waals surface area contributed by atoms with Crippen LogP contribution in [0.3, 0.4) is 0 Å². The Bertz CT molecular complexity index is 1280. The largest absolute Gasteiger partial charge is 0.348 e. The van der Waals surface area contributed by atoms with Crippen molar-refractivity contribution in [2.75, 3.05) is 18.4 Å². The Hall–Kier alpha value is -4.21. The molecule has 2 aromatic carbocycles. The molecule has 8 nitrogen and oxygen atoms in total. The van der Waals surface area contributed by atoms with E-state index in [4.69, 9.17) is 0 Å². The van der Waals surface area contributed by atoms with Gasteiger partial charge in [0.15, 0.2) is 11.5 Å². The van der Waals surface area contributed by atoms with Crippen molar-refractivity contribution >= 4 is 23.5 Å². The molecular weight excluding hydrogens is 456 g/mol. The second-order valence-electron chi connectivity index (χ2n) is 8.24. The molecule has 0 saturated carbocycles. The standard InChI is InChI=1S/C25H23F2N5O3/c1-15-3-2-4-16(13-15)25(35)32-11-7-18(8-12-32)30-24(34)21-22(29-10-9-28-21)31-23(33)19-6-5-17(26)14-20(19)27/h2-6,9-10,13-14,18H,7-8,11-12H2,1H3,(H,30,34)(H,29,31,33). The number of anilines is 1. The second kappa shape index (κ2) is 10.4. The fraction of sp³-hybridized carbons (Fsp3) is 0.240. The van der Waals surface area contributed by atoms with E-state index in [1.807, 2.05) is 25.1 Å². The highest BCUT2D eigenvalue weighted by molar-refractivity contribution is 6.07. The van der Waals surface area contributed by atoms with Gasteiger partial charge in [0, 0.05) is 43.2 Å². The topological polar surface area (TPSA) is 104 Å². The SMILES string of the molecule is Cc1cccc(C(=O)N2CCC(NC(=O)c3nccnc3NC(=O)c3ccc(F)cc3F)CC2)c1. The van der Waals surface area contributed by atoms with E-state index in [0.29, 0.717) is 37.6 Å². The molecule has 10 heteroatoms. The number of aromatic nitrogens is 2. The second-order valence-corrected chi connectivity index (χ2v) is 8.24. The maximum atomic E-state index is 13.9. The van der Waals surface area contributed by atoms with Gasteiger partial charge in [0.25, 0.3) is 17.7 Å². The number of aryl methyl sites for hydroxylation is 1. The minimum atomic E-state index is -1.04. The van der Waals surface area contributed by atoms with E-state index in [1.54, 1.807) is 11.0 Å². The third-order valence-corrected chi connectivity index (χ3v) is 5.70. The van der Waals surface area contributed by atoms with E-state index in [0.717, 1.165) is 17.7 Å². The molecule has 3 amide bonds. The average molecular weight is 479 g/mol. The highest BCUT2D eigenvalue weighted by Gasteiger charge is 2.26. The van der Waals surface area contributed by atoms with Gasteiger partial charge in [-0.05, 0) is 44.0 Å². The fourth-order valence-corrected chi connectivity index (χ4v) is 3.89. The van der Waals surface area contributed by atoms with Crippen LogP contribution in [0, 0.1) is 18.6 Å². The van der Waals surface area contributed by atoms with Gasteiger partial charge in [-0.1, -0.05) is 17.7 Å². The quantitative estimate of drug-likeness (QED) is 0.584. The molecule has 1 aromatic heterocycles. The van der Waals surface area contributed by atoms with Gasteiger partial charge in [0.1, 0.15) is 11.6 Å². The van der Waals surface area contributed by atoms with Crippen molar-refractivity contribution in [2.45, 2.75) is 25.8 Å². The van der Waals surface area contributed by atoms with Crippen LogP contribution in [-0.4, -0.2) is 51.7 Å². The molecule has 4 rings (SSSR count). The Labute approximate surface area is 200 Å². The van der Waals surface area contributed by atoms with Crippen molar-refractivity contribution in [3.63, 3.8) is 0 Å². The lowest BCUT2D eigenvalue weighted by Crippen LogP contribution is -2.46. The zero-order valence-electron chi connectivity index (χ0n) is 18.9. The van der Waals surface area contributed by atoms with Gasteiger partial charge < -0.3 is 15.5 Å². The summed E-state index contributed by atoms with van der Waals surface area (Å²) in [6.07, 6.45) is 3.67. The number of rotatable bonds is 5. The summed E-state index contributed by atoms with van der Waals surface area (Å²) in [5.41, 5.74) is 1.10. The van der Waals surface area contributed by atoms with Crippen molar-refractivity contribution in [3.05, 3.63) is 88.9 Å². The molecule has 0 radical (unpaired) electrons. The average Bonchev–Trinajstić information content (AvgIpc) is 2.84. The monoisotopic (exact) mass is 479 g/mol. The van der Waals surface area contributed by atoms with Gasteiger partial charge in [0.05, 0.1) is 5.56 Å². The number of piperidine rings is 1. The molecule has 0 atom stereocenters. The van der Waals surface area contributed by atoms with Crippen LogP contribution >= 0.6 is 0 Å². The third-order valence-electron chi connectivity index (χ3n) is 5.70. The molecule has 0 bridgehead atoms. The van der Waals surface area contributed by atoms with Crippen molar-refractivity contribution in [1.29, 1.82) is 0 Å². The predicted octanol–water partition coefficient (Wildman–Crippen LogP) is 3.35. The van der Waals surface area contributed by atoms with Crippen molar-refractivity contribution in [3.8, 4) is 0 Å². The first kappa shape index (κ1) is 23.9. The van der Waals surface area contributed by atoms with Gasteiger partial charge in [-0.25, -0.2) is 18.7 Å². The van der Waals surface area contributed by atoms with Gasteiger partial charge in [-0.15, -0.1) is 0 Å². The van der Waals surface area contributed by atoms with E-state index in [1.165, 1.54) is 12.4 Å². The molecule has 1 aliphatic heterocycles. The molecule has 3 aromatic rings. The summed E-state index contributed by atoms with van der Waals surface area (Å²) in [6, 6.07) is 9.75. The minimum absolute atomic E-state index is 0.0505. The number of nitrogens with one attached hydrogen (secondary N) is 2. The number of carbonyl (C=O) groups is 3. The molecule has 1 saturated heterocycles. The summed E-state index contributed by atoms with van der Waals surface area (Å²) in [7, 11) is 0. The Morgan fingerprint density at radius 2 is 1.71 bits per heavy atom. The summed E-state index contributed by atoms with van der Waals surface area (Å²) in [5, 5.41) is 5.22. The molecule has 0 aliphatic carbocycles. The molecule has 2 heterocycles. The minimum Gasteiger partial charge on any atom is -0.348 e. The van der Waals surface area contributed by atoms with Gasteiger partial charge in [0.2, 0.25) is 0 Å². The molecule has 35 heavy (non-hydrogen) atoms. The lowest BCUT2D eigenvalue weighted by atomic mass is 10.0. The summed E-state index contributed by atoms with van der Waals surface area (Å²) in [5.74, 6) is -3.50. The zero-order valence-corrected chi connectivity index (χ0v) is 18.9. The van der Waals surface area contributed by atoms with Crippen LogP contribution in [0.5, 0.6) is 0 Å². The molecule has 0 unspecified atom stereocenters. The number of carbonyl (C=O) groups excluding carboxylic acids is 3. The number of hydrogen-bond acceptors (Lipinski definition) is 5.